The normalized spacial score (nSPS) is 21.0. The summed E-state index contributed by atoms with van der Waals surface area (Å²) in [5, 5.41) is 8.84. The van der Waals surface area contributed by atoms with Crippen molar-refractivity contribution in [2.45, 2.75) is 52.5 Å². The minimum Gasteiger partial charge on any atom is -0.305 e. The standard InChI is InChI=1S/C15H16FN3O.C2H6/c1-9-2-4-11(5-3-9)19-14-7-12(16)10(8-17)6-13(14)18-15(19)20;1-2/h6-7,9,11H,2-5H2,1H3,(H,18,20);1-2H3. The first-order valence-electron chi connectivity index (χ1n) is 7.94. The lowest BCUT2D eigenvalue weighted by Crippen LogP contribution is -2.25. The van der Waals surface area contributed by atoms with E-state index < -0.39 is 5.82 Å². The lowest BCUT2D eigenvalue weighted by molar-refractivity contribution is 0.290. The second-order valence-electron chi connectivity index (χ2n) is 5.67. The van der Waals surface area contributed by atoms with Crippen molar-refractivity contribution in [1.29, 1.82) is 5.26 Å². The summed E-state index contributed by atoms with van der Waals surface area (Å²) < 4.78 is 15.4. The van der Waals surface area contributed by atoms with Crippen LogP contribution in [0.15, 0.2) is 16.9 Å². The Bertz CT molecular complexity index is 746. The maximum atomic E-state index is 13.8. The van der Waals surface area contributed by atoms with Gasteiger partial charge in [0.25, 0.3) is 0 Å². The molecule has 0 aliphatic heterocycles. The van der Waals surface area contributed by atoms with Crippen molar-refractivity contribution >= 4 is 11.0 Å². The van der Waals surface area contributed by atoms with Crippen LogP contribution in [0.2, 0.25) is 0 Å². The molecule has 0 spiro atoms. The van der Waals surface area contributed by atoms with Crippen LogP contribution in [0.1, 0.15) is 58.1 Å². The summed E-state index contributed by atoms with van der Waals surface area (Å²) in [5.74, 6) is 0.117. The van der Waals surface area contributed by atoms with Gasteiger partial charge >= 0.3 is 5.69 Å². The molecule has 5 heteroatoms. The van der Waals surface area contributed by atoms with Crippen molar-refractivity contribution in [3.05, 3.63) is 34.0 Å². The van der Waals surface area contributed by atoms with Gasteiger partial charge in [0.2, 0.25) is 0 Å². The summed E-state index contributed by atoms with van der Waals surface area (Å²) in [6, 6.07) is 4.63. The molecule has 0 atom stereocenters. The molecule has 4 nitrogen and oxygen atoms in total. The smallest absolute Gasteiger partial charge is 0.305 e. The van der Waals surface area contributed by atoms with E-state index in [9.17, 15) is 9.18 Å². The molecule has 1 fully saturated rings. The summed E-state index contributed by atoms with van der Waals surface area (Å²) in [5.41, 5.74) is 0.842. The molecule has 1 heterocycles. The topological polar surface area (TPSA) is 61.6 Å². The van der Waals surface area contributed by atoms with Crippen LogP contribution in [0, 0.1) is 23.1 Å². The summed E-state index contributed by atoms with van der Waals surface area (Å²) in [7, 11) is 0. The summed E-state index contributed by atoms with van der Waals surface area (Å²) in [6.45, 7) is 6.22. The van der Waals surface area contributed by atoms with E-state index in [1.54, 1.807) is 10.6 Å². The highest BCUT2D eigenvalue weighted by atomic mass is 19.1. The third-order valence-corrected chi connectivity index (χ3v) is 4.28. The molecule has 0 amide bonds. The van der Waals surface area contributed by atoms with E-state index in [2.05, 4.69) is 11.9 Å². The number of halogens is 1. The second-order valence-corrected chi connectivity index (χ2v) is 5.67. The van der Waals surface area contributed by atoms with Crippen LogP contribution >= 0.6 is 0 Å². The van der Waals surface area contributed by atoms with E-state index in [1.807, 2.05) is 13.8 Å². The van der Waals surface area contributed by atoms with Gasteiger partial charge in [-0.3, -0.25) is 4.57 Å². The number of nitriles is 1. The van der Waals surface area contributed by atoms with Gasteiger partial charge in [-0.2, -0.15) is 5.26 Å². The molecule has 0 unspecified atom stereocenters. The first-order chi connectivity index (χ1) is 10.6. The lowest BCUT2D eigenvalue weighted by atomic mass is 9.87. The van der Waals surface area contributed by atoms with Gasteiger partial charge in [0.15, 0.2) is 0 Å². The van der Waals surface area contributed by atoms with Crippen molar-refractivity contribution in [2.24, 2.45) is 5.92 Å². The van der Waals surface area contributed by atoms with E-state index in [-0.39, 0.29) is 17.3 Å². The Morgan fingerprint density at radius 2 is 1.91 bits per heavy atom. The average molecular weight is 303 g/mol. The third-order valence-electron chi connectivity index (χ3n) is 4.28. The van der Waals surface area contributed by atoms with E-state index in [1.165, 1.54) is 12.1 Å². The van der Waals surface area contributed by atoms with E-state index in [0.29, 0.717) is 17.0 Å². The van der Waals surface area contributed by atoms with E-state index >= 15 is 0 Å². The van der Waals surface area contributed by atoms with Crippen LogP contribution in [0.4, 0.5) is 4.39 Å². The van der Waals surface area contributed by atoms with E-state index in [0.717, 1.165) is 25.7 Å². The number of aromatic amines is 1. The molecule has 1 aliphatic rings. The quantitative estimate of drug-likeness (QED) is 0.861. The largest absolute Gasteiger partial charge is 0.326 e. The van der Waals surface area contributed by atoms with Gasteiger partial charge in [-0.1, -0.05) is 20.8 Å². The molecule has 0 radical (unpaired) electrons. The number of nitrogens with zero attached hydrogens (tertiary/aromatic N) is 2. The molecule has 2 aromatic rings. The summed E-state index contributed by atoms with van der Waals surface area (Å²) >= 11 is 0. The molecule has 1 aromatic carbocycles. The van der Waals surface area contributed by atoms with Crippen LogP contribution in [0.25, 0.3) is 11.0 Å². The Morgan fingerprint density at radius 1 is 1.27 bits per heavy atom. The van der Waals surface area contributed by atoms with Gasteiger partial charge in [-0.15, -0.1) is 0 Å². The summed E-state index contributed by atoms with van der Waals surface area (Å²) in [4.78, 5) is 14.9. The molecule has 3 rings (SSSR count). The average Bonchev–Trinajstić information content (AvgIpc) is 2.84. The zero-order valence-corrected chi connectivity index (χ0v) is 13.3. The van der Waals surface area contributed by atoms with Crippen molar-refractivity contribution in [1.82, 2.24) is 9.55 Å². The Morgan fingerprint density at radius 3 is 2.50 bits per heavy atom. The van der Waals surface area contributed by atoms with Gasteiger partial charge < -0.3 is 4.98 Å². The van der Waals surface area contributed by atoms with Gasteiger partial charge in [0.1, 0.15) is 11.9 Å². The van der Waals surface area contributed by atoms with Gasteiger partial charge in [-0.05, 0) is 37.7 Å². The molecule has 0 saturated heterocycles. The number of aromatic nitrogens is 2. The van der Waals surface area contributed by atoms with Crippen LogP contribution in [-0.2, 0) is 0 Å². The fraction of sp³-hybridized carbons (Fsp3) is 0.529. The molecule has 22 heavy (non-hydrogen) atoms. The Labute approximate surface area is 129 Å². The number of fused-ring (bicyclic) bond motifs is 1. The highest BCUT2D eigenvalue weighted by Crippen LogP contribution is 2.33. The molecule has 118 valence electrons. The highest BCUT2D eigenvalue weighted by Gasteiger charge is 2.23. The number of hydrogen-bond acceptors (Lipinski definition) is 2. The first-order valence-corrected chi connectivity index (χ1v) is 7.94. The zero-order chi connectivity index (χ0) is 16.3. The SMILES string of the molecule is CC.CC1CCC(n2c(=O)[nH]c3cc(C#N)c(F)cc32)CC1. The molecule has 1 aliphatic carbocycles. The van der Waals surface area contributed by atoms with Crippen molar-refractivity contribution in [3.8, 4) is 6.07 Å². The van der Waals surface area contributed by atoms with Crippen molar-refractivity contribution in [2.75, 3.05) is 0 Å². The Kier molecular flexibility index (Phi) is 5.02. The number of imidazole rings is 1. The number of nitrogens with one attached hydrogen (secondary N) is 1. The zero-order valence-electron chi connectivity index (χ0n) is 13.3. The van der Waals surface area contributed by atoms with Crippen LogP contribution < -0.4 is 5.69 Å². The fourth-order valence-electron chi connectivity index (χ4n) is 3.10. The molecule has 0 bridgehead atoms. The summed E-state index contributed by atoms with van der Waals surface area (Å²) in [6.07, 6.45) is 4.05. The van der Waals surface area contributed by atoms with Gasteiger partial charge in [0, 0.05) is 12.1 Å². The molecule has 1 saturated carbocycles. The first kappa shape index (κ1) is 16.3. The molecule has 1 N–H and O–H groups in total. The predicted octanol–water partition coefficient (Wildman–Crippen LogP) is 4.12. The molecule has 1 aromatic heterocycles. The molecular weight excluding hydrogens is 281 g/mol. The maximum absolute atomic E-state index is 13.8. The number of H-pyrrole nitrogens is 1. The maximum Gasteiger partial charge on any atom is 0.326 e. The minimum atomic E-state index is -0.572. The predicted molar refractivity (Wildman–Crippen MR) is 85.2 cm³/mol. The number of rotatable bonds is 1. The van der Waals surface area contributed by atoms with Gasteiger partial charge in [0.05, 0.1) is 16.6 Å². The van der Waals surface area contributed by atoms with Crippen LogP contribution in [0.3, 0.4) is 0 Å². The lowest BCUT2D eigenvalue weighted by Gasteiger charge is -2.27. The Hall–Kier alpha value is -2.09. The number of benzene rings is 1. The fourth-order valence-corrected chi connectivity index (χ4v) is 3.10. The minimum absolute atomic E-state index is 0.0387. The number of hydrogen-bond donors (Lipinski definition) is 1. The highest BCUT2D eigenvalue weighted by molar-refractivity contribution is 5.77. The monoisotopic (exact) mass is 303 g/mol. The Balaban J connectivity index is 0.000000847. The van der Waals surface area contributed by atoms with Gasteiger partial charge in [-0.25, -0.2) is 9.18 Å². The van der Waals surface area contributed by atoms with Crippen molar-refractivity contribution < 1.29 is 4.39 Å². The third kappa shape index (κ3) is 2.92. The molecular formula is C17H22FN3O. The van der Waals surface area contributed by atoms with Crippen LogP contribution in [0.5, 0.6) is 0 Å². The second kappa shape index (κ2) is 6.78. The van der Waals surface area contributed by atoms with Crippen molar-refractivity contribution in [3.63, 3.8) is 0 Å². The van der Waals surface area contributed by atoms with Crippen LogP contribution in [-0.4, -0.2) is 9.55 Å². The van der Waals surface area contributed by atoms with E-state index in [4.69, 9.17) is 5.26 Å².